The van der Waals surface area contributed by atoms with Gasteiger partial charge in [-0.3, -0.25) is 5.32 Å². The summed E-state index contributed by atoms with van der Waals surface area (Å²) in [5.41, 5.74) is 2.25. The molecule has 0 aliphatic rings. The van der Waals surface area contributed by atoms with E-state index in [4.69, 9.17) is 4.74 Å². The summed E-state index contributed by atoms with van der Waals surface area (Å²) in [5.74, 6) is 0.449. The van der Waals surface area contributed by atoms with Gasteiger partial charge < -0.3 is 4.74 Å². The summed E-state index contributed by atoms with van der Waals surface area (Å²) in [6.07, 6.45) is 1.48. The van der Waals surface area contributed by atoms with Crippen molar-refractivity contribution in [2.45, 2.75) is 11.8 Å². The molecule has 3 rings (SSSR count). The summed E-state index contributed by atoms with van der Waals surface area (Å²) in [7, 11) is 0. The van der Waals surface area contributed by atoms with E-state index in [1.54, 1.807) is 17.8 Å². The molecule has 0 bridgehead atoms. The highest BCUT2D eigenvalue weighted by molar-refractivity contribution is 7.98. The third-order valence-electron chi connectivity index (χ3n) is 3.36. The van der Waals surface area contributed by atoms with Gasteiger partial charge in [-0.25, -0.2) is 9.78 Å². The first-order valence-corrected chi connectivity index (χ1v) is 8.37. The van der Waals surface area contributed by atoms with Gasteiger partial charge in [-0.15, -0.1) is 11.8 Å². The van der Waals surface area contributed by atoms with E-state index in [-0.39, 0.29) is 0 Å². The van der Waals surface area contributed by atoms with Gasteiger partial charge in [0.25, 0.3) is 0 Å². The van der Waals surface area contributed by atoms with E-state index in [0.717, 1.165) is 16.0 Å². The van der Waals surface area contributed by atoms with Crippen LogP contribution in [0.15, 0.2) is 59.5 Å². The number of ether oxygens (including phenoxy) is 1. The number of hydrogen-bond donors (Lipinski definition) is 1. The molecule has 0 aliphatic heterocycles. The number of rotatable bonds is 3. The second-order valence-corrected chi connectivity index (χ2v) is 5.90. The lowest BCUT2D eigenvalue weighted by molar-refractivity contribution is 0.215. The molecule has 0 unspecified atom stereocenters. The van der Waals surface area contributed by atoms with Crippen molar-refractivity contribution in [3.63, 3.8) is 0 Å². The van der Waals surface area contributed by atoms with Crippen molar-refractivity contribution in [1.82, 2.24) is 4.98 Å². The zero-order chi connectivity index (χ0) is 16.2. The molecule has 0 fully saturated rings. The van der Waals surface area contributed by atoms with Crippen molar-refractivity contribution in [3.05, 3.63) is 60.3 Å². The third kappa shape index (κ3) is 3.63. The molecule has 3 aromatic rings. The molecule has 0 radical (unpaired) electrons. The fraction of sp³-hybridized carbons (Fsp3) is 0.111. The van der Waals surface area contributed by atoms with Gasteiger partial charge in [0, 0.05) is 21.7 Å². The Kier molecular flexibility index (Phi) is 4.48. The van der Waals surface area contributed by atoms with E-state index in [9.17, 15) is 4.79 Å². The lowest BCUT2D eigenvalue weighted by atomic mass is 10.2. The maximum atomic E-state index is 12.1. The predicted octanol–water partition coefficient (Wildman–Crippen LogP) is 4.88. The molecule has 1 N–H and O–H groups in total. The second kappa shape index (κ2) is 6.71. The van der Waals surface area contributed by atoms with Crippen LogP contribution in [0.2, 0.25) is 0 Å². The van der Waals surface area contributed by atoms with Crippen LogP contribution in [0.4, 0.5) is 10.5 Å². The van der Waals surface area contributed by atoms with E-state index in [1.807, 2.05) is 61.7 Å². The SMILES string of the molecule is CSc1ccc(NC(=O)Oc2cccc3ccc(C)nc23)cc1. The molecule has 1 heterocycles. The van der Waals surface area contributed by atoms with Crippen molar-refractivity contribution < 1.29 is 9.53 Å². The molecule has 0 spiro atoms. The van der Waals surface area contributed by atoms with Crippen LogP contribution in [-0.4, -0.2) is 17.3 Å². The molecule has 0 saturated carbocycles. The number of benzene rings is 2. The summed E-state index contributed by atoms with van der Waals surface area (Å²) in [5, 5.41) is 3.66. The normalized spacial score (nSPS) is 10.5. The zero-order valence-electron chi connectivity index (χ0n) is 12.9. The monoisotopic (exact) mass is 324 g/mol. The van der Waals surface area contributed by atoms with Gasteiger partial charge in [-0.1, -0.05) is 18.2 Å². The first-order valence-electron chi connectivity index (χ1n) is 7.15. The van der Waals surface area contributed by atoms with Crippen LogP contribution in [0.5, 0.6) is 5.75 Å². The van der Waals surface area contributed by atoms with E-state index in [1.165, 1.54) is 0 Å². The van der Waals surface area contributed by atoms with Crippen LogP contribution in [0.1, 0.15) is 5.69 Å². The fourth-order valence-electron chi connectivity index (χ4n) is 2.22. The molecule has 116 valence electrons. The number of para-hydroxylation sites is 1. The van der Waals surface area contributed by atoms with Crippen LogP contribution in [0, 0.1) is 6.92 Å². The summed E-state index contributed by atoms with van der Waals surface area (Å²) >= 11 is 1.65. The molecule has 0 saturated heterocycles. The quantitative estimate of drug-likeness (QED) is 0.698. The van der Waals surface area contributed by atoms with Gasteiger partial charge in [0.15, 0.2) is 5.75 Å². The second-order valence-electron chi connectivity index (χ2n) is 5.02. The summed E-state index contributed by atoms with van der Waals surface area (Å²) in [6.45, 7) is 1.91. The number of nitrogens with one attached hydrogen (secondary N) is 1. The van der Waals surface area contributed by atoms with Gasteiger partial charge in [0.2, 0.25) is 0 Å². The molecule has 1 amide bonds. The first-order chi connectivity index (χ1) is 11.2. The van der Waals surface area contributed by atoms with Gasteiger partial charge >= 0.3 is 6.09 Å². The number of thioether (sulfide) groups is 1. The average molecular weight is 324 g/mol. The first kappa shape index (κ1) is 15.4. The number of carbonyl (C=O) groups is 1. The number of aryl methyl sites for hydroxylation is 1. The highest BCUT2D eigenvalue weighted by Crippen LogP contribution is 2.24. The summed E-state index contributed by atoms with van der Waals surface area (Å²) in [6, 6.07) is 17.0. The lowest BCUT2D eigenvalue weighted by Crippen LogP contribution is -2.17. The Balaban J connectivity index is 1.78. The lowest BCUT2D eigenvalue weighted by Gasteiger charge is -2.09. The van der Waals surface area contributed by atoms with Crippen molar-refractivity contribution in [2.24, 2.45) is 0 Å². The Labute approximate surface area is 138 Å². The minimum Gasteiger partial charge on any atom is -0.408 e. The van der Waals surface area contributed by atoms with E-state index in [0.29, 0.717) is 17.0 Å². The van der Waals surface area contributed by atoms with Crippen LogP contribution < -0.4 is 10.1 Å². The Morgan fingerprint density at radius 2 is 1.87 bits per heavy atom. The number of hydrogen-bond acceptors (Lipinski definition) is 4. The minimum absolute atomic E-state index is 0.449. The van der Waals surface area contributed by atoms with Gasteiger partial charge in [-0.05, 0) is 49.6 Å². The van der Waals surface area contributed by atoms with Crippen LogP contribution >= 0.6 is 11.8 Å². The molecular weight excluding hydrogens is 308 g/mol. The predicted molar refractivity (Wildman–Crippen MR) is 94.3 cm³/mol. The standard InChI is InChI=1S/C18H16N2O2S/c1-12-6-7-13-4-3-5-16(17(13)19-12)22-18(21)20-14-8-10-15(23-2)11-9-14/h3-11H,1-2H3,(H,20,21). The zero-order valence-corrected chi connectivity index (χ0v) is 13.7. The topological polar surface area (TPSA) is 51.2 Å². The molecule has 0 atom stereocenters. The van der Waals surface area contributed by atoms with Crippen LogP contribution in [0.3, 0.4) is 0 Å². The highest BCUT2D eigenvalue weighted by atomic mass is 32.2. The van der Waals surface area contributed by atoms with Crippen molar-refractivity contribution in [2.75, 3.05) is 11.6 Å². The van der Waals surface area contributed by atoms with Gasteiger partial charge in [0.1, 0.15) is 5.52 Å². The Morgan fingerprint density at radius 1 is 1.09 bits per heavy atom. The number of nitrogens with zero attached hydrogens (tertiary/aromatic N) is 1. The molecule has 23 heavy (non-hydrogen) atoms. The number of amides is 1. The minimum atomic E-state index is -0.530. The molecular formula is C18H16N2O2S. The number of fused-ring (bicyclic) bond motifs is 1. The highest BCUT2D eigenvalue weighted by Gasteiger charge is 2.09. The molecule has 0 aliphatic carbocycles. The Bertz CT molecular complexity index is 847. The van der Waals surface area contributed by atoms with Crippen molar-refractivity contribution in [3.8, 4) is 5.75 Å². The number of anilines is 1. The van der Waals surface area contributed by atoms with Crippen LogP contribution in [-0.2, 0) is 0 Å². The van der Waals surface area contributed by atoms with Crippen molar-refractivity contribution in [1.29, 1.82) is 0 Å². The maximum Gasteiger partial charge on any atom is 0.417 e. The average Bonchev–Trinajstić information content (AvgIpc) is 2.56. The Hall–Kier alpha value is -2.53. The summed E-state index contributed by atoms with van der Waals surface area (Å²) in [4.78, 5) is 17.7. The molecule has 2 aromatic carbocycles. The van der Waals surface area contributed by atoms with Gasteiger partial charge in [-0.2, -0.15) is 0 Å². The van der Waals surface area contributed by atoms with Crippen molar-refractivity contribution >= 4 is 34.4 Å². The van der Waals surface area contributed by atoms with E-state index >= 15 is 0 Å². The smallest absolute Gasteiger partial charge is 0.408 e. The largest absolute Gasteiger partial charge is 0.417 e. The van der Waals surface area contributed by atoms with E-state index < -0.39 is 6.09 Å². The third-order valence-corrected chi connectivity index (χ3v) is 4.11. The molecule has 1 aromatic heterocycles. The van der Waals surface area contributed by atoms with E-state index in [2.05, 4.69) is 10.3 Å². The molecule has 4 nitrogen and oxygen atoms in total. The number of pyridine rings is 1. The number of carbonyl (C=O) groups excluding carboxylic acids is 1. The Morgan fingerprint density at radius 3 is 2.61 bits per heavy atom. The van der Waals surface area contributed by atoms with Crippen LogP contribution in [0.25, 0.3) is 10.9 Å². The number of aromatic nitrogens is 1. The summed E-state index contributed by atoms with van der Waals surface area (Å²) < 4.78 is 5.43. The van der Waals surface area contributed by atoms with Gasteiger partial charge in [0.05, 0.1) is 0 Å². The maximum absolute atomic E-state index is 12.1. The fourth-order valence-corrected chi connectivity index (χ4v) is 2.63. The molecule has 5 heteroatoms.